The smallest absolute Gasteiger partial charge is 0.208 e. The zero-order chi connectivity index (χ0) is 29.0. The Morgan fingerprint density at radius 2 is 1.48 bits per heavy atom. The van der Waals surface area contributed by atoms with E-state index >= 15 is 0 Å². The molecule has 0 spiro atoms. The number of benzene rings is 3. The van der Waals surface area contributed by atoms with Crippen molar-refractivity contribution in [1.82, 2.24) is 4.58 Å². The van der Waals surface area contributed by atoms with Crippen LogP contribution in [0.25, 0.3) is 16.7 Å². The van der Waals surface area contributed by atoms with Gasteiger partial charge in [0.25, 0.3) is 0 Å². The van der Waals surface area contributed by atoms with Crippen LogP contribution in [0, 0.1) is 6.92 Å². The van der Waals surface area contributed by atoms with E-state index in [-0.39, 0.29) is 11.1 Å². The average Bonchev–Trinajstić information content (AvgIpc) is 2.89. The van der Waals surface area contributed by atoms with Crippen LogP contribution < -0.4 is 20.1 Å². The highest BCUT2D eigenvalue weighted by atomic mass is 15.2. The predicted octanol–water partition coefficient (Wildman–Crippen LogP) is 7.53. The van der Waals surface area contributed by atoms with Crippen molar-refractivity contribution in [3.05, 3.63) is 111 Å². The Morgan fingerprint density at radius 1 is 0.775 bits per heavy atom. The lowest BCUT2D eigenvalue weighted by Crippen LogP contribution is -2.49. The molecule has 2 nitrogen and oxygen atoms in total. The van der Waals surface area contributed by atoms with E-state index < -0.39 is 0 Å². The van der Waals surface area contributed by atoms with E-state index in [0.29, 0.717) is 0 Å². The second kappa shape index (κ2) is 10.2. The van der Waals surface area contributed by atoms with Crippen molar-refractivity contribution in [2.75, 3.05) is 18.0 Å². The molecule has 208 valence electrons. The van der Waals surface area contributed by atoms with Gasteiger partial charge in [-0.1, -0.05) is 37.3 Å². The van der Waals surface area contributed by atoms with E-state index in [2.05, 4.69) is 145 Å². The molecule has 0 amide bonds. The molecule has 0 saturated heterocycles. The Bertz CT molecular complexity index is 1680. The highest BCUT2D eigenvalue weighted by Crippen LogP contribution is 2.42. The lowest BCUT2D eigenvalue weighted by atomic mass is 9.83. The van der Waals surface area contributed by atoms with E-state index in [9.17, 15) is 0 Å². The van der Waals surface area contributed by atoms with Crippen LogP contribution in [-0.4, -0.2) is 24.2 Å². The second-order valence-electron chi connectivity index (χ2n) is 12.8. The minimum Gasteiger partial charge on any atom is -0.363 e. The maximum absolute atomic E-state index is 2.54. The van der Waals surface area contributed by atoms with Crippen molar-refractivity contribution >= 4 is 22.4 Å². The highest BCUT2D eigenvalue weighted by Gasteiger charge is 2.33. The molecular weight excluding hydrogens is 484 g/mol. The van der Waals surface area contributed by atoms with Crippen molar-refractivity contribution in [3.8, 4) is 0 Å². The van der Waals surface area contributed by atoms with Gasteiger partial charge >= 0.3 is 0 Å². The van der Waals surface area contributed by atoms with Gasteiger partial charge in [-0.15, -0.1) is 0 Å². The van der Waals surface area contributed by atoms with Crippen molar-refractivity contribution in [2.45, 2.75) is 86.7 Å². The lowest BCUT2D eigenvalue weighted by molar-refractivity contribution is 0.402. The molecule has 0 fully saturated rings. The molecule has 3 aromatic carbocycles. The first-order valence-electron chi connectivity index (χ1n) is 15.1. The van der Waals surface area contributed by atoms with Crippen molar-refractivity contribution in [3.63, 3.8) is 0 Å². The summed E-state index contributed by atoms with van der Waals surface area (Å²) in [6.07, 6.45) is 5.87. The van der Waals surface area contributed by atoms with E-state index in [1.54, 1.807) is 0 Å². The molecule has 2 aliphatic heterocycles. The molecular formula is C38H47N2+. The Hall–Kier alpha value is -3.39. The summed E-state index contributed by atoms with van der Waals surface area (Å²) in [5, 5.41) is 2.62. The second-order valence-corrected chi connectivity index (χ2v) is 12.8. The van der Waals surface area contributed by atoms with Crippen LogP contribution in [0.3, 0.4) is 0 Å². The van der Waals surface area contributed by atoms with Crippen LogP contribution in [-0.2, 0) is 6.42 Å². The molecule has 0 aromatic heterocycles. The van der Waals surface area contributed by atoms with Gasteiger partial charge < -0.3 is 4.90 Å². The molecule has 0 unspecified atom stereocenters. The van der Waals surface area contributed by atoms with Gasteiger partial charge in [-0.25, -0.2) is 4.58 Å². The maximum atomic E-state index is 2.54. The first-order valence-corrected chi connectivity index (χ1v) is 15.1. The standard InChI is InChI=1S/C38H47N2/c1-11-28-16-14-15-17-30(28)36(29-18-19-34-31(21-29)26(5)23-37(7,8)39(34)12-2)33-22-32-27(6)24-38(9,10)40(13-3)35(32)20-25(33)4/h14-24H,11-13H2,1-10H3/q+1. The largest absolute Gasteiger partial charge is 0.363 e. The number of likely N-dealkylation sites (N-methyl/N-ethyl adjacent to an activating group) is 2. The van der Waals surface area contributed by atoms with E-state index in [4.69, 9.17) is 0 Å². The molecule has 0 aliphatic carbocycles. The summed E-state index contributed by atoms with van der Waals surface area (Å²) in [5.41, 5.74) is 13.5. The first-order chi connectivity index (χ1) is 18.9. The minimum absolute atomic E-state index is 0.00241. The fourth-order valence-electron chi connectivity index (χ4n) is 7.42. The Kier molecular flexibility index (Phi) is 7.19. The third kappa shape index (κ3) is 4.56. The fourth-order valence-corrected chi connectivity index (χ4v) is 7.42. The van der Waals surface area contributed by atoms with Crippen molar-refractivity contribution in [2.24, 2.45) is 0 Å². The average molecular weight is 532 g/mol. The number of fused-ring (bicyclic) bond motifs is 2. The third-order valence-corrected chi connectivity index (χ3v) is 9.16. The monoisotopic (exact) mass is 531 g/mol. The van der Waals surface area contributed by atoms with Gasteiger partial charge in [0.15, 0.2) is 5.54 Å². The van der Waals surface area contributed by atoms with Gasteiger partial charge in [0, 0.05) is 43.3 Å². The molecule has 40 heavy (non-hydrogen) atoms. The summed E-state index contributed by atoms with van der Waals surface area (Å²) >= 11 is 0. The maximum Gasteiger partial charge on any atom is 0.208 e. The molecule has 0 atom stereocenters. The summed E-state index contributed by atoms with van der Waals surface area (Å²) < 4.78 is 2.53. The first kappa shape index (κ1) is 28.1. The van der Waals surface area contributed by atoms with Crippen LogP contribution in [0.15, 0.2) is 66.7 Å². The van der Waals surface area contributed by atoms with E-state index in [1.165, 1.54) is 66.4 Å². The van der Waals surface area contributed by atoms with Gasteiger partial charge in [0.2, 0.25) is 5.36 Å². The fraction of sp³-hybridized carbons (Fsp3) is 0.395. The summed E-state index contributed by atoms with van der Waals surface area (Å²) in [7, 11) is 0. The molecule has 2 heterocycles. The normalized spacial score (nSPS) is 18.1. The predicted molar refractivity (Wildman–Crippen MR) is 175 cm³/mol. The quantitative estimate of drug-likeness (QED) is 0.308. The van der Waals surface area contributed by atoms with Crippen LogP contribution in [0.4, 0.5) is 5.69 Å². The van der Waals surface area contributed by atoms with Crippen molar-refractivity contribution < 1.29 is 0 Å². The topological polar surface area (TPSA) is 6.25 Å². The van der Waals surface area contributed by atoms with Gasteiger partial charge in [-0.2, -0.15) is 0 Å². The minimum atomic E-state index is 0.00241. The number of rotatable bonds is 5. The molecule has 0 N–H and O–H groups in total. The zero-order valence-electron chi connectivity index (χ0n) is 26.4. The third-order valence-electron chi connectivity index (χ3n) is 9.16. The molecule has 2 aliphatic rings. The van der Waals surface area contributed by atoms with Crippen LogP contribution in [0.2, 0.25) is 0 Å². The number of hydrogen-bond donors (Lipinski definition) is 0. The summed E-state index contributed by atoms with van der Waals surface area (Å²) in [4.78, 5) is 2.54. The Balaban J connectivity index is 1.90. The molecule has 0 saturated carbocycles. The summed E-state index contributed by atoms with van der Waals surface area (Å²) in [6, 6.07) is 21.1. The molecule has 5 rings (SSSR count). The van der Waals surface area contributed by atoms with Gasteiger partial charge in [-0.3, -0.25) is 0 Å². The molecule has 3 aromatic rings. The number of allylic oxidation sites excluding steroid dienone is 2. The van der Waals surface area contributed by atoms with Gasteiger partial charge in [-0.05, 0) is 129 Å². The molecule has 2 heteroatoms. The van der Waals surface area contributed by atoms with Crippen LogP contribution >= 0.6 is 0 Å². The SMILES string of the molecule is CCc1ccccc1/C(c1cc2c(cc1C)N(CC)C(C)(C)C=C2C)=c1/ccc2c(c1)C(C)=CC(C)(C)[N+]=2CC. The lowest BCUT2D eigenvalue weighted by Gasteiger charge is -2.43. The van der Waals surface area contributed by atoms with Crippen LogP contribution in [0.5, 0.6) is 0 Å². The molecule has 0 bridgehead atoms. The Labute approximate surface area is 242 Å². The van der Waals surface area contributed by atoms with Crippen molar-refractivity contribution in [1.29, 1.82) is 0 Å². The summed E-state index contributed by atoms with van der Waals surface area (Å²) in [6.45, 7) is 24.9. The Morgan fingerprint density at radius 3 is 2.15 bits per heavy atom. The number of aryl methyl sites for hydroxylation is 2. The number of anilines is 1. The number of hydrogen-bond acceptors (Lipinski definition) is 1. The van der Waals surface area contributed by atoms with E-state index in [1.807, 2.05) is 0 Å². The van der Waals surface area contributed by atoms with Gasteiger partial charge in [0.05, 0.1) is 5.54 Å². The highest BCUT2D eigenvalue weighted by molar-refractivity contribution is 5.89. The van der Waals surface area contributed by atoms with Gasteiger partial charge in [0.1, 0.15) is 6.54 Å². The molecule has 0 radical (unpaired) electrons. The summed E-state index contributed by atoms with van der Waals surface area (Å²) in [5.74, 6) is 0. The zero-order valence-corrected chi connectivity index (χ0v) is 26.4. The number of nitrogens with zero attached hydrogens (tertiary/aromatic N) is 2. The van der Waals surface area contributed by atoms with E-state index in [0.717, 1.165) is 19.5 Å². The van der Waals surface area contributed by atoms with Crippen LogP contribution in [0.1, 0.15) is 95.7 Å².